The third kappa shape index (κ3) is 5.15. The number of methoxy groups -OCH3 is 1. The molecule has 8 nitrogen and oxygen atoms in total. The summed E-state index contributed by atoms with van der Waals surface area (Å²) in [4.78, 5) is 27.3. The van der Waals surface area contributed by atoms with Crippen molar-refractivity contribution < 1.29 is 13.9 Å². The minimum Gasteiger partial charge on any atom is -0.494 e. The number of hydrogen-bond acceptors (Lipinski definition) is 5. The van der Waals surface area contributed by atoms with Crippen molar-refractivity contribution in [1.29, 1.82) is 0 Å². The number of aromatic nitrogens is 3. The summed E-state index contributed by atoms with van der Waals surface area (Å²) in [7, 11) is 1.45. The fourth-order valence-corrected chi connectivity index (χ4v) is 4.44. The SMILES string of the molecule is COc1ccc(CN2CCC(NC(=O)Cn3nc4n(c3=O)CCCCC4)CC2)cc1F. The highest BCUT2D eigenvalue weighted by atomic mass is 19.1. The zero-order valence-corrected chi connectivity index (χ0v) is 18.0. The van der Waals surface area contributed by atoms with Crippen molar-refractivity contribution in [3.8, 4) is 5.75 Å². The van der Waals surface area contributed by atoms with E-state index in [1.807, 2.05) is 6.07 Å². The third-order valence-electron chi connectivity index (χ3n) is 6.15. The Kier molecular flexibility index (Phi) is 6.70. The zero-order chi connectivity index (χ0) is 21.8. The number of carbonyl (C=O) groups excluding carboxylic acids is 1. The summed E-state index contributed by atoms with van der Waals surface area (Å²) in [5.74, 6) is 0.511. The van der Waals surface area contributed by atoms with Crippen molar-refractivity contribution >= 4 is 5.91 Å². The number of ether oxygens (including phenoxy) is 1. The second kappa shape index (κ2) is 9.64. The van der Waals surface area contributed by atoms with E-state index < -0.39 is 0 Å². The normalized spacial score (nSPS) is 17.7. The standard InChI is InChI=1S/C22H30FN5O3/c1-31-19-7-6-16(13-18(19)23)14-26-11-8-17(9-12-26)24-21(29)15-28-22(30)27-10-4-2-3-5-20(27)25-28/h6-7,13,17H,2-5,8-12,14-15H2,1H3,(H,24,29). The highest BCUT2D eigenvalue weighted by molar-refractivity contribution is 5.75. The maximum Gasteiger partial charge on any atom is 0.346 e. The fraction of sp³-hybridized carbons (Fsp3) is 0.591. The lowest BCUT2D eigenvalue weighted by atomic mass is 10.0. The molecule has 2 aliphatic rings. The van der Waals surface area contributed by atoms with Crippen LogP contribution < -0.4 is 15.7 Å². The Morgan fingerprint density at radius 3 is 2.77 bits per heavy atom. The Hall–Kier alpha value is -2.68. The van der Waals surface area contributed by atoms with Gasteiger partial charge >= 0.3 is 5.69 Å². The molecule has 1 aromatic carbocycles. The van der Waals surface area contributed by atoms with Crippen LogP contribution in [0.5, 0.6) is 5.75 Å². The first-order valence-corrected chi connectivity index (χ1v) is 11.0. The number of likely N-dealkylation sites (tertiary alicyclic amines) is 1. The van der Waals surface area contributed by atoms with Crippen molar-refractivity contribution in [2.75, 3.05) is 20.2 Å². The monoisotopic (exact) mass is 431 g/mol. The number of piperidine rings is 1. The molecule has 9 heteroatoms. The second-order valence-electron chi connectivity index (χ2n) is 8.41. The molecule has 0 bridgehead atoms. The summed E-state index contributed by atoms with van der Waals surface area (Å²) >= 11 is 0. The van der Waals surface area contributed by atoms with Crippen molar-refractivity contribution in [3.63, 3.8) is 0 Å². The summed E-state index contributed by atoms with van der Waals surface area (Å²) in [6.45, 7) is 2.95. The van der Waals surface area contributed by atoms with Crippen molar-refractivity contribution in [2.24, 2.45) is 0 Å². The molecule has 3 heterocycles. The first-order chi connectivity index (χ1) is 15.0. The number of nitrogens with zero attached hydrogens (tertiary/aromatic N) is 4. The molecule has 2 aromatic rings. The maximum atomic E-state index is 13.9. The second-order valence-corrected chi connectivity index (χ2v) is 8.41. The number of aryl methyl sites for hydroxylation is 1. The zero-order valence-electron chi connectivity index (χ0n) is 18.0. The number of nitrogens with one attached hydrogen (secondary N) is 1. The fourth-order valence-electron chi connectivity index (χ4n) is 4.44. The van der Waals surface area contributed by atoms with Crippen LogP contribution in [0.1, 0.15) is 43.5 Å². The summed E-state index contributed by atoms with van der Waals surface area (Å²) in [5.41, 5.74) is 0.716. The number of halogens is 1. The summed E-state index contributed by atoms with van der Waals surface area (Å²) in [5, 5.41) is 7.42. The van der Waals surface area contributed by atoms with Crippen LogP contribution in [-0.4, -0.2) is 51.4 Å². The molecule has 1 aromatic heterocycles. The summed E-state index contributed by atoms with van der Waals surface area (Å²) in [6.07, 6.45) is 5.55. The van der Waals surface area contributed by atoms with E-state index in [1.165, 1.54) is 17.9 Å². The molecule has 1 fully saturated rings. The largest absolute Gasteiger partial charge is 0.494 e. The molecule has 2 aliphatic heterocycles. The number of benzene rings is 1. The van der Waals surface area contributed by atoms with Crippen LogP contribution in [0.4, 0.5) is 4.39 Å². The number of fused-ring (bicyclic) bond motifs is 1. The Balaban J connectivity index is 1.26. The van der Waals surface area contributed by atoms with E-state index in [0.29, 0.717) is 13.1 Å². The lowest BCUT2D eigenvalue weighted by Gasteiger charge is -2.32. The Morgan fingerprint density at radius 1 is 1.23 bits per heavy atom. The number of amides is 1. The minimum absolute atomic E-state index is 0.0375. The molecular weight excluding hydrogens is 401 g/mol. The van der Waals surface area contributed by atoms with Crippen LogP contribution in [-0.2, 0) is 30.8 Å². The first-order valence-electron chi connectivity index (χ1n) is 11.0. The predicted molar refractivity (Wildman–Crippen MR) is 113 cm³/mol. The Morgan fingerprint density at radius 2 is 2.03 bits per heavy atom. The molecule has 1 saturated heterocycles. The van der Waals surface area contributed by atoms with Gasteiger partial charge in [-0.2, -0.15) is 5.10 Å². The van der Waals surface area contributed by atoms with Gasteiger partial charge in [0.05, 0.1) is 7.11 Å². The molecule has 1 amide bonds. The number of rotatable bonds is 6. The molecule has 0 unspecified atom stereocenters. The van der Waals surface area contributed by atoms with Gasteiger partial charge in [0.2, 0.25) is 5.91 Å². The van der Waals surface area contributed by atoms with E-state index in [1.54, 1.807) is 10.6 Å². The molecule has 0 atom stereocenters. The summed E-state index contributed by atoms with van der Waals surface area (Å²) < 4.78 is 21.9. The van der Waals surface area contributed by atoms with Crippen LogP contribution in [0.25, 0.3) is 0 Å². The average molecular weight is 432 g/mol. The third-order valence-corrected chi connectivity index (χ3v) is 6.15. The lowest BCUT2D eigenvalue weighted by molar-refractivity contribution is -0.122. The van der Waals surface area contributed by atoms with E-state index in [9.17, 15) is 14.0 Å². The smallest absolute Gasteiger partial charge is 0.346 e. The average Bonchev–Trinajstić information content (AvgIpc) is 2.91. The van der Waals surface area contributed by atoms with Crippen LogP contribution in [0.15, 0.2) is 23.0 Å². The molecule has 168 valence electrons. The molecule has 0 aliphatic carbocycles. The van der Waals surface area contributed by atoms with Gasteiger partial charge in [0.25, 0.3) is 0 Å². The Bertz CT molecular complexity index is 978. The van der Waals surface area contributed by atoms with E-state index in [4.69, 9.17) is 4.74 Å². The first kappa shape index (κ1) is 21.5. The van der Waals surface area contributed by atoms with Gasteiger partial charge in [-0.15, -0.1) is 0 Å². The van der Waals surface area contributed by atoms with Crippen molar-refractivity contribution in [3.05, 3.63) is 45.9 Å². The van der Waals surface area contributed by atoms with E-state index in [0.717, 1.165) is 63.0 Å². The predicted octanol–water partition coefficient (Wildman–Crippen LogP) is 1.70. The van der Waals surface area contributed by atoms with Gasteiger partial charge in [-0.3, -0.25) is 14.3 Å². The quantitative estimate of drug-likeness (QED) is 0.753. The van der Waals surface area contributed by atoms with E-state index in [-0.39, 0.29) is 35.8 Å². The van der Waals surface area contributed by atoms with Crippen molar-refractivity contribution in [2.45, 2.75) is 64.2 Å². The molecule has 0 saturated carbocycles. The molecular formula is C22H30FN5O3. The van der Waals surface area contributed by atoms with E-state index >= 15 is 0 Å². The van der Waals surface area contributed by atoms with Gasteiger partial charge < -0.3 is 10.1 Å². The maximum absolute atomic E-state index is 13.9. The van der Waals surface area contributed by atoms with Crippen LogP contribution in [0, 0.1) is 5.82 Å². The topological polar surface area (TPSA) is 81.4 Å². The molecule has 0 spiro atoms. The van der Waals surface area contributed by atoms with Gasteiger partial charge in [-0.1, -0.05) is 12.5 Å². The lowest BCUT2D eigenvalue weighted by Crippen LogP contribution is -2.46. The Labute approximate surface area is 181 Å². The highest BCUT2D eigenvalue weighted by Gasteiger charge is 2.22. The minimum atomic E-state index is -0.353. The van der Waals surface area contributed by atoms with Gasteiger partial charge in [0, 0.05) is 38.6 Å². The van der Waals surface area contributed by atoms with Crippen molar-refractivity contribution in [1.82, 2.24) is 24.6 Å². The van der Waals surface area contributed by atoms with Gasteiger partial charge in [-0.25, -0.2) is 13.9 Å². The molecule has 31 heavy (non-hydrogen) atoms. The number of hydrogen-bond donors (Lipinski definition) is 1. The van der Waals surface area contributed by atoms with Gasteiger partial charge in [-0.05, 0) is 43.4 Å². The van der Waals surface area contributed by atoms with Gasteiger partial charge in [0.15, 0.2) is 11.6 Å². The van der Waals surface area contributed by atoms with Gasteiger partial charge in [0.1, 0.15) is 12.4 Å². The molecule has 1 N–H and O–H groups in total. The summed E-state index contributed by atoms with van der Waals surface area (Å²) in [6, 6.07) is 5.11. The van der Waals surface area contributed by atoms with E-state index in [2.05, 4.69) is 15.3 Å². The van der Waals surface area contributed by atoms with Crippen LogP contribution >= 0.6 is 0 Å². The molecule has 0 radical (unpaired) electrons. The van der Waals surface area contributed by atoms with Crippen LogP contribution in [0.3, 0.4) is 0 Å². The number of carbonyl (C=O) groups is 1. The van der Waals surface area contributed by atoms with Crippen LogP contribution in [0.2, 0.25) is 0 Å². The highest BCUT2D eigenvalue weighted by Crippen LogP contribution is 2.20. The molecule has 4 rings (SSSR count).